The molecule has 0 aliphatic carbocycles. The maximum absolute atomic E-state index is 13.2. The van der Waals surface area contributed by atoms with Crippen molar-refractivity contribution in [3.63, 3.8) is 0 Å². The van der Waals surface area contributed by atoms with Gasteiger partial charge in [-0.15, -0.1) is 0 Å². The number of aliphatic imine (C=N–C) groups is 1. The molecule has 2 aliphatic rings. The van der Waals surface area contributed by atoms with Crippen molar-refractivity contribution >= 4 is 39.8 Å². The molecule has 0 saturated carbocycles. The number of hydrazone groups is 1. The Morgan fingerprint density at radius 2 is 1.77 bits per heavy atom. The Kier molecular flexibility index (Phi) is 5.47. The number of hydrogen-bond donors (Lipinski definition) is 1. The van der Waals surface area contributed by atoms with Crippen LogP contribution in [0.1, 0.15) is 28.1 Å². The second-order valence-corrected chi connectivity index (χ2v) is 8.96. The van der Waals surface area contributed by atoms with Crippen molar-refractivity contribution in [1.29, 1.82) is 5.41 Å². The van der Waals surface area contributed by atoms with Crippen molar-refractivity contribution in [2.45, 2.75) is 20.0 Å². The summed E-state index contributed by atoms with van der Waals surface area (Å²) in [4.78, 5) is 16.9. The van der Waals surface area contributed by atoms with Crippen molar-refractivity contribution in [3.8, 4) is 5.69 Å². The minimum atomic E-state index is -4.46. The van der Waals surface area contributed by atoms with E-state index in [1.54, 1.807) is 30.5 Å². The molecule has 0 unspecified atom stereocenters. The molecule has 1 aromatic heterocycles. The van der Waals surface area contributed by atoms with E-state index in [0.29, 0.717) is 32.9 Å². The number of nitrogens with one attached hydrogen (secondary N) is 1. The minimum Gasteiger partial charge on any atom is -0.318 e. The average molecular weight is 494 g/mol. The summed E-state index contributed by atoms with van der Waals surface area (Å²) in [6.07, 6.45) is -2.92. The minimum absolute atomic E-state index is 0.0525. The first-order valence-electron chi connectivity index (χ1n) is 10.6. The molecule has 1 amide bonds. The van der Waals surface area contributed by atoms with E-state index >= 15 is 0 Å². The van der Waals surface area contributed by atoms with E-state index in [1.165, 1.54) is 28.9 Å². The molecule has 0 radical (unpaired) electrons. The van der Waals surface area contributed by atoms with E-state index in [-0.39, 0.29) is 11.4 Å². The van der Waals surface area contributed by atoms with Gasteiger partial charge in [-0.1, -0.05) is 36.4 Å². The average Bonchev–Trinajstić information content (AvgIpc) is 3.37. The van der Waals surface area contributed by atoms with E-state index in [0.717, 1.165) is 17.7 Å². The maximum atomic E-state index is 13.2. The van der Waals surface area contributed by atoms with Crippen LogP contribution in [0.2, 0.25) is 0 Å². The highest BCUT2D eigenvalue weighted by molar-refractivity contribution is 8.27. The lowest BCUT2D eigenvalue weighted by Gasteiger charge is -2.20. The van der Waals surface area contributed by atoms with Crippen LogP contribution < -0.4 is 0 Å². The number of fused-ring (bicyclic) bond motifs is 1. The molecular weight excluding hydrogens is 475 g/mol. The van der Waals surface area contributed by atoms with E-state index < -0.39 is 17.6 Å². The molecule has 5 rings (SSSR count). The highest BCUT2D eigenvalue weighted by Crippen LogP contribution is 2.33. The predicted molar refractivity (Wildman–Crippen MR) is 131 cm³/mol. The fraction of sp³-hybridized carbons (Fsp3) is 0.120. The second-order valence-electron chi connectivity index (χ2n) is 8.00. The summed E-state index contributed by atoms with van der Waals surface area (Å²) in [6.45, 7) is 3.52. The second kappa shape index (κ2) is 8.38. The van der Waals surface area contributed by atoms with Gasteiger partial charge in [-0.3, -0.25) is 10.2 Å². The van der Waals surface area contributed by atoms with E-state index in [1.807, 2.05) is 30.3 Å². The van der Waals surface area contributed by atoms with Crippen LogP contribution >= 0.6 is 11.8 Å². The molecule has 2 aromatic carbocycles. The number of carbonyl (C=O) groups excluding carboxylic acids is 1. The van der Waals surface area contributed by atoms with Gasteiger partial charge in [0.1, 0.15) is 5.04 Å². The van der Waals surface area contributed by atoms with Gasteiger partial charge >= 0.3 is 6.18 Å². The Hall–Kier alpha value is -3.92. The zero-order chi connectivity index (χ0) is 24.9. The summed E-state index contributed by atoms with van der Waals surface area (Å²) in [6, 6.07) is 16.2. The number of carbonyl (C=O) groups is 1. The number of hydrogen-bond acceptors (Lipinski definition) is 4. The van der Waals surface area contributed by atoms with Gasteiger partial charge in [-0.2, -0.15) is 28.3 Å². The van der Waals surface area contributed by atoms with Crippen LogP contribution in [0.3, 0.4) is 0 Å². The molecule has 1 N–H and O–H groups in total. The lowest BCUT2D eigenvalue weighted by atomic mass is 10.1. The lowest BCUT2D eigenvalue weighted by molar-refractivity contribution is -0.137. The summed E-state index contributed by atoms with van der Waals surface area (Å²) in [7, 11) is 0. The van der Waals surface area contributed by atoms with Crippen LogP contribution in [0.4, 0.5) is 13.2 Å². The number of rotatable bonds is 3. The normalized spacial score (nSPS) is 17.1. The first-order valence-corrected chi connectivity index (χ1v) is 11.4. The van der Waals surface area contributed by atoms with Crippen molar-refractivity contribution in [3.05, 3.63) is 94.3 Å². The zero-order valence-electron chi connectivity index (χ0n) is 18.6. The van der Waals surface area contributed by atoms with Gasteiger partial charge in [0, 0.05) is 22.6 Å². The van der Waals surface area contributed by atoms with Crippen LogP contribution in [0.5, 0.6) is 0 Å². The first-order chi connectivity index (χ1) is 16.6. The molecule has 0 fully saturated rings. The number of benzene rings is 2. The fourth-order valence-electron chi connectivity index (χ4n) is 4.00. The smallest absolute Gasteiger partial charge is 0.318 e. The summed E-state index contributed by atoms with van der Waals surface area (Å²) in [5.41, 5.74) is 2.44. The Bertz CT molecular complexity index is 1470. The van der Waals surface area contributed by atoms with Crippen molar-refractivity contribution in [2.75, 3.05) is 0 Å². The molecule has 3 heterocycles. The zero-order valence-corrected chi connectivity index (χ0v) is 19.4. The predicted octanol–water partition coefficient (Wildman–Crippen LogP) is 5.78. The number of aromatic nitrogens is 1. The van der Waals surface area contributed by atoms with Gasteiger partial charge in [0.2, 0.25) is 5.17 Å². The van der Waals surface area contributed by atoms with Crippen LogP contribution in [0.25, 0.3) is 11.8 Å². The Labute approximate surface area is 203 Å². The maximum Gasteiger partial charge on any atom is 0.416 e. The third kappa shape index (κ3) is 4.10. The van der Waals surface area contributed by atoms with E-state index in [4.69, 9.17) is 5.41 Å². The number of thioether (sulfide) groups is 1. The third-order valence-electron chi connectivity index (χ3n) is 5.68. The van der Waals surface area contributed by atoms with Crippen LogP contribution in [-0.2, 0) is 11.0 Å². The van der Waals surface area contributed by atoms with E-state index in [9.17, 15) is 18.0 Å². The summed E-state index contributed by atoms with van der Waals surface area (Å²) >= 11 is 1.21. The van der Waals surface area contributed by atoms with Crippen LogP contribution in [-0.4, -0.2) is 31.5 Å². The molecule has 0 spiro atoms. The molecule has 6 nitrogen and oxygen atoms in total. The lowest BCUT2D eigenvalue weighted by Crippen LogP contribution is -2.35. The number of amides is 1. The topological polar surface area (TPSA) is 73.8 Å². The summed E-state index contributed by atoms with van der Waals surface area (Å²) in [5.74, 6) is -0.676. The van der Waals surface area contributed by atoms with Gasteiger partial charge in [0.05, 0.1) is 11.1 Å². The van der Waals surface area contributed by atoms with Gasteiger partial charge in [0.15, 0.2) is 5.84 Å². The fourth-order valence-corrected chi connectivity index (χ4v) is 4.89. The van der Waals surface area contributed by atoms with Crippen LogP contribution in [0.15, 0.2) is 76.3 Å². The number of alkyl halides is 3. The Morgan fingerprint density at radius 3 is 2.49 bits per heavy atom. The largest absolute Gasteiger partial charge is 0.416 e. The number of aryl methyl sites for hydroxylation is 1. The molecule has 0 bridgehead atoms. The van der Waals surface area contributed by atoms with E-state index in [2.05, 4.69) is 10.1 Å². The Morgan fingerprint density at radius 1 is 1.03 bits per heavy atom. The van der Waals surface area contributed by atoms with Crippen LogP contribution in [0, 0.1) is 19.3 Å². The summed E-state index contributed by atoms with van der Waals surface area (Å²) < 4.78 is 41.3. The molecule has 0 saturated heterocycles. The van der Waals surface area contributed by atoms with Gasteiger partial charge in [0.25, 0.3) is 5.91 Å². The highest BCUT2D eigenvalue weighted by atomic mass is 32.2. The molecule has 2 aliphatic heterocycles. The number of amidine groups is 2. The molecule has 0 atom stereocenters. The number of nitrogens with zero attached hydrogens (tertiary/aromatic N) is 4. The van der Waals surface area contributed by atoms with Gasteiger partial charge < -0.3 is 4.57 Å². The summed E-state index contributed by atoms with van der Waals surface area (Å²) in [5, 5.41) is 15.3. The SMILES string of the molecule is Cc1cc(/C=C2/C(=N)N3N=C(c4ccccc4)SC3=NC2=O)c(C)n1-c1cccc(C(F)(F)F)c1. The monoisotopic (exact) mass is 493 g/mol. The van der Waals surface area contributed by atoms with Crippen molar-refractivity contribution in [2.24, 2.45) is 10.1 Å². The quantitative estimate of drug-likeness (QED) is 0.470. The molecular formula is C25H18F3N5OS. The molecule has 35 heavy (non-hydrogen) atoms. The third-order valence-corrected chi connectivity index (χ3v) is 6.63. The number of halogens is 3. The molecule has 10 heteroatoms. The first kappa shape index (κ1) is 22.9. The van der Waals surface area contributed by atoms with Gasteiger partial charge in [-0.05, 0) is 61.5 Å². The highest BCUT2D eigenvalue weighted by Gasteiger charge is 2.36. The molecule has 3 aromatic rings. The van der Waals surface area contributed by atoms with Crippen molar-refractivity contribution in [1.82, 2.24) is 9.58 Å². The van der Waals surface area contributed by atoms with Gasteiger partial charge in [-0.25, -0.2) is 0 Å². The Balaban J connectivity index is 1.51. The van der Waals surface area contributed by atoms with Crippen molar-refractivity contribution < 1.29 is 18.0 Å². The molecule has 176 valence electrons. The standard InChI is InChI=1S/C25H18F3N5OS/c1-14-11-17(15(2)32(14)19-10-6-9-18(13-19)25(26,27)28)12-20-21(29)33-24(30-22(20)34)35-23(31-33)16-7-4-3-5-8-16/h3-13,29H,1-2H3/b20-12-,29-21?.